The van der Waals surface area contributed by atoms with Crippen molar-refractivity contribution >= 4 is 7.12 Å². The summed E-state index contributed by atoms with van der Waals surface area (Å²) in [6.07, 6.45) is -3.99. The Bertz CT molecular complexity index is 800. The summed E-state index contributed by atoms with van der Waals surface area (Å²) in [7, 11) is 0.928. The molecule has 0 amide bonds. The molecule has 1 aromatic carbocycles. The van der Waals surface area contributed by atoms with Gasteiger partial charge in [-0.25, -0.2) is 4.68 Å². The molecular weight excluding hydrogens is 360 g/mol. The van der Waals surface area contributed by atoms with Crippen LogP contribution < -0.4 is 4.74 Å². The van der Waals surface area contributed by atoms with Crippen molar-refractivity contribution in [2.75, 3.05) is 7.11 Å². The quantitative estimate of drug-likeness (QED) is 0.748. The van der Waals surface area contributed by atoms with Gasteiger partial charge in [0.2, 0.25) is 5.88 Å². The first-order chi connectivity index (χ1) is 12.4. The van der Waals surface area contributed by atoms with Crippen LogP contribution in [-0.2, 0) is 21.8 Å². The highest BCUT2D eigenvalue weighted by Gasteiger charge is 2.50. The molecule has 27 heavy (non-hydrogen) atoms. The zero-order valence-electron chi connectivity index (χ0n) is 15.9. The molecule has 2 heterocycles. The summed E-state index contributed by atoms with van der Waals surface area (Å²) in [6.45, 7) is 7.94. The number of hydrogen-bond donors (Lipinski definition) is 0. The third-order valence-corrected chi connectivity index (χ3v) is 5.06. The zero-order valence-corrected chi connectivity index (χ0v) is 15.9. The second-order valence-corrected chi connectivity index (χ2v) is 7.54. The fraction of sp³-hybridized carbons (Fsp3) is 0.500. The van der Waals surface area contributed by atoms with Crippen LogP contribution in [0.3, 0.4) is 0 Å². The molecule has 3 rings (SSSR count). The van der Waals surface area contributed by atoms with Crippen LogP contribution >= 0.6 is 0 Å². The van der Waals surface area contributed by atoms with Gasteiger partial charge in [0.1, 0.15) is 0 Å². The molecular formula is C18H22BF3N2O3. The lowest BCUT2D eigenvalue weighted by molar-refractivity contribution is -0.141. The fourth-order valence-corrected chi connectivity index (χ4v) is 2.85. The minimum atomic E-state index is -4.53. The van der Waals surface area contributed by atoms with Gasteiger partial charge in [0.15, 0.2) is 5.69 Å². The summed E-state index contributed by atoms with van der Waals surface area (Å²) in [5.74, 6) is 0.0148. The Morgan fingerprint density at radius 2 is 1.63 bits per heavy atom. The lowest BCUT2D eigenvalue weighted by Crippen LogP contribution is -2.41. The molecule has 0 saturated carbocycles. The molecule has 0 aliphatic carbocycles. The number of methoxy groups -OCH3 is 1. The van der Waals surface area contributed by atoms with Gasteiger partial charge >= 0.3 is 13.3 Å². The van der Waals surface area contributed by atoms with Crippen molar-refractivity contribution in [2.45, 2.75) is 51.4 Å². The number of benzene rings is 1. The number of rotatable bonds is 4. The fourth-order valence-electron chi connectivity index (χ4n) is 2.85. The van der Waals surface area contributed by atoms with E-state index in [1.165, 1.54) is 7.11 Å². The molecule has 0 unspecified atom stereocenters. The molecule has 0 bridgehead atoms. The Hall–Kier alpha value is -2.00. The van der Waals surface area contributed by atoms with E-state index in [2.05, 4.69) is 5.10 Å². The predicted octanol–water partition coefficient (Wildman–Crippen LogP) is 4.07. The van der Waals surface area contributed by atoms with Gasteiger partial charge in [-0.1, -0.05) is 12.1 Å². The minimum absolute atomic E-state index is 0.0148. The van der Waals surface area contributed by atoms with Gasteiger partial charge in [-0.3, -0.25) is 0 Å². The van der Waals surface area contributed by atoms with Gasteiger partial charge in [-0.15, -0.1) is 0 Å². The Balaban J connectivity index is 1.78. The predicted molar refractivity (Wildman–Crippen MR) is 94.9 cm³/mol. The summed E-state index contributed by atoms with van der Waals surface area (Å²) in [5, 5.41) is 3.61. The van der Waals surface area contributed by atoms with Crippen LogP contribution in [0, 0.1) is 0 Å². The van der Waals surface area contributed by atoms with Crippen LogP contribution in [0.4, 0.5) is 13.2 Å². The van der Waals surface area contributed by atoms with Crippen LogP contribution in [0.25, 0.3) is 5.69 Å². The van der Waals surface area contributed by atoms with Gasteiger partial charge in [0.05, 0.1) is 24.0 Å². The zero-order chi connectivity index (χ0) is 20.0. The number of hydrogen-bond acceptors (Lipinski definition) is 4. The standard InChI is InChI=1S/C18H22BF3N2O3/c1-16(2)17(3,4)27-19(26-16)11-12-6-8-13(9-7-12)24-15(25-5)10-14(23-24)18(20,21)22/h6-10H,11H2,1-5H3. The molecule has 0 N–H and O–H groups in total. The highest BCUT2D eigenvalue weighted by Crippen LogP contribution is 2.37. The molecule has 1 aliphatic heterocycles. The van der Waals surface area contributed by atoms with Crippen molar-refractivity contribution in [3.63, 3.8) is 0 Å². The normalized spacial score (nSPS) is 18.7. The first-order valence-electron chi connectivity index (χ1n) is 8.59. The average Bonchev–Trinajstić information content (AvgIpc) is 3.06. The lowest BCUT2D eigenvalue weighted by atomic mass is 9.81. The van der Waals surface area contributed by atoms with E-state index in [9.17, 15) is 13.2 Å². The van der Waals surface area contributed by atoms with Gasteiger partial charge in [0, 0.05) is 12.4 Å². The Morgan fingerprint density at radius 3 is 2.11 bits per heavy atom. The second kappa shape index (κ2) is 6.56. The summed E-state index contributed by atoms with van der Waals surface area (Å²) >= 11 is 0. The molecule has 1 saturated heterocycles. The maximum atomic E-state index is 12.9. The van der Waals surface area contributed by atoms with Crippen LogP contribution in [-0.4, -0.2) is 35.2 Å². The maximum absolute atomic E-state index is 12.9. The molecule has 5 nitrogen and oxygen atoms in total. The first kappa shape index (κ1) is 19.8. The van der Waals surface area contributed by atoms with Crippen LogP contribution in [0.2, 0.25) is 0 Å². The summed E-state index contributed by atoms with van der Waals surface area (Å²) in [5.41, 5.74) is -0.401. The monoisotopic (exact) mass is 382 g/mol. The highest BCUT2D eigenvalue weighted by molar-refractivity contribution is 6.45. The van der Waals surface area contributed by atoms with Crippen molar-refractivity contribution in [3.8, 4) is 11.6 Å². The summed E-state index contributed by atoms with van der Waals surface area (Å²) in [4.78, 5) is 0. The topological polar surface area (TPSA) is 45.5 Å². The average molecular weight is 382 g/mol. The molecule has 1 aliphatic rings. The Labute approximate surface area is 156 Å². The van der Waals surface area contributed by atoms with E-state index in [0.29, 0.717) is 12.0 Å². The van der Waals surface area contributed by atoms with Crippen molar-refractivity contribution in [2.24, 2.45) is 0 Å². The molecule has 0 radical (unpaired) electrons. The Morgan fingerprint density at radius 1 is 1.07 bits per heavy atom. The van der Waals surface area contributed by atoms with Crippen molar-refractivity contribution in [1.82, 2.24) is 9.78 Å². The van der Waals surface area contributed by atoms with Crippen LogP contribution in [0.5, 0.6) is 5.88 Å². The number of alkyl halides is 3. The SMILES string of the molecule is COc1cc(C(F)(F)F)nn1-c1ccc(CB2OC(C)(C)C(C)(C)O2)cc1. The molecule has 1 fully saturated rings. The van der Waals surface area contributed by atoms with Crippen molar-refractivity contribution in [1.29, 1.82) is 0 Å². The first-order valence-corrected chi connectivity index (χ1v) is 8.59. The van der Waals surface area contributed by atoms with Gasteiger partial charge in [0.25, 0.3) is 0 Å². The third-order valence-electron chi connectivity index (χ3n) is 5.06. The van der Waals surface area contributed by atoms with E-state index < -0.39 is 23.1 Å². The van der Waals surface area contributed by atoms with Gasteiger partial charge in [-0.05, 0) is 45.4 Å². The minimum Gasteiger partial charge on any atom is -0.481 e. The van der Waals surface area contributed by atoms with E-state index in [-0.39, 0.29) is 13.0 Å². The van der Waals surface area contributed by atoms with Crippen LogP contribution in [0.15, 0.2) is 30.3 Å². The van der Waals surface area contributed by atoms with E-state index in [0.717, 1.165) is 16.3 Å². The number of ether oxygens (including phenoxy) is 1. The molecule has 1 aromatic heterocycles. The number of nitrogens with zero attached hydrogens (tertiary/aromatic N) is 2. The van der Waals surface area contributed by atoms with E-state index >= 15 is 0 Å². The largest absolute Gasteiger partial charge is 0.481 e. The summed E-state index contributed by atoms with van der Waals surface area (Å²) in [6, 6.07) is 7.88. The Kier molecular flexibility index (Phi) is 4.80. The maximum Gasteiger partial charge on any atom is 0.462 e. The number of aromatic nitrogens is 2. The molecule has 9 heteroatoms. The molecule has 0 spiro atoms. The lowest BCUT2D eigenvalue weighted by Gasteiger charge is -2.32. The van der Waals surface area contributed by atoms with Gasteiger partial charge in [-0.2, -0.15) is 18.3 Å². The van der Waals surface area contributed by atoms with Crippen LogP contribution in [0.1, 0.15) is 39.0 Å². The van der Waals surface area contributed by atoms with Crippen molar-refractivity contribution in [3.05, 3.63) is 41.6 Å². The molecule has 0 atom stereocenters. The van der Waals surface area contributed by atoms with Crippen molar-refractivity contribution < 1.29 is 27.2 Å². The third kappa shape index (κ3) is 3.84. The molecule has 2 aromatic rings. The smallest absolute Gasteiger partial charge is 0.462 e. The highest BCUT2D eigenvalue weighted by atomic mass is 19.4. The van der Waals surface area contributed by atoms with Gasteiger partial charge < -0.3 is 14.0 Å². The van der Waals surface area contributed by atoms with E-state index in [1.54, 1.807) is 12.1 Å². The number of halogens is 3. The second-order valence-electron chi connectivity index (χ2n) is 7.54. The van der Waals surface area contributed by atoms with E-state index in [1.807, 2.05) is 39.8 Å². The molecule has 146 valence electrons. The summed E-state index contributed by atoms with van der Waals surface area (Å²) < 4.78 is 56.8. The van der Waals surface area contributed by atoms with E-state index in [4.69, 9.17) is 14.0 Å².